The predicted molar refractivity (Wildman–Crippen MR) is 50.2 cm³/mol. The first-order valence-electron chi connectivity index (χ1n) is 4.72. The molecule has 4 nitrogen and oxygen atoms in total. The van der Waals surface area contributed by atoms with E-state index < -0.39 is 0 Å². The van der Waals surface area contributed by atoms with Gasteiger partial charge in [-0.15, -0.1) is 0 Å². The molecule has 15 heavy (non-hydrogen) atoms. The second-order valence-electron chi connectivity index (χ2n) is 3.65. The quantitative estimate of drug-likeness (QED) is 0.594. The molecule has 0 atom stereocenters. The summed E-state index contributed by atoms with van der Waals surface area (Å²) in [5.74, 6) is 0.899. The van der Waals surface area contributed by atoms with Gasteiger partial charge in [-0.2, -0.15) is 0 Å². The molecule has 1 aliphatic carbocycles. The minimum Gasteiger partial charge on any atom is -0.454 e. The lowest BCUT2D eigenvalue weighted by molar-refractivity contribution is -0.117. The number of ketones is 2. The van der Waals surface area contributed by atoms with E-state index in [1.165, 1.54) is 0 Å². The summed E-state index contributed by atoms with van der Waals surface area (Å²) in [4.78, 5) is 22.9. The molecule has 0 fully saturated rings. The highest BCUT2D eigenvalue weighted by molar-refractivity contribution is 6.14. The molecule has 1 aromatic carbocycles. The fourth-order valence-electron chi connectivity index (χ4n) is 2.01. The Morgan fingerprint density at radius 1 is 1.07 bits per heavy atom. The largest absolute Gasteiger partial charge is 0.454 e. The van der Waals surface area contributed by atoms with Crippen molar-refractivity contribution in [2.45, 2.75) is 12.8 Å². The summed E-state index contributed by atoms with van der Waals surface area (Å²) in [6, 6.07) is 3.50. The van der Waals surface area contributed by atoms with Crippen molar-refractivity contribution < 1.29 is 19.1 Å². The van der Waals surface area contributed by atoms with E-state index in [4.69, 9.17) is 9.47 Å². The molecule has 0 saturated carbocycles. The Hall–Kier alpha value is -1.84. The van der Waals surface area contributed by atoms with Gasteiger partial charge in [0.25, 0.3) is 0 Å². The van der Waals surface area contributed by atoms with E-state index in [-0.39, 0.29) is 24.8 Å². The van der Waals surface area contributed by atoms with Gasteiger partial charge in [0.2, 0.25) is 6.79 Å². The van der Waals surface area contributed by atoms with Gasteiger partial charge in [-0.25, -0.2) is 0 Å². The molecule has 4 heteroatoms. The highest BCUT2D eigenvalue weighted by atomic mass is 16.7. The second kappa shape index (κ2) is 2.82. The van der Waals surface area contributed by atoms with Crippen molar-refractivity contribution in [1.29, 1.82) is 0 Å². The van der Waals surface area contributed by atoms with Crippen LogP contribution in [0.5, 0.6) is 11.5 Å². The lowest BCUT2D eigenvalue weighted by Gasteiger charge is -2.15. The van der Waals surface area contributed by atoms with Gasteiger partial charge in [0, 0.05) is 6.42 Å². The van der Waals surface area contributed by atoms with Crippen LogP contribution in [0.2, 0.25) is 0 Å². The van der Waals surface area contributed by atoms with E-state index in [1.807, 2.05) is 0 Å². The van der Waals surface area contributed by atoms with Crippen LogP contribution in [0, 0.1) is 0 Å². The average molecular weight is 204 g/mol. The summed E-state index contributed by atoms with van der Waals surface area (Å²) in [5, 5.41) is 0. The van der Waals surface area contributed by atoms with Crippen molar-refractivity contribution in [1.82, 2.24) is 0 Å². The molecule has 1 aromatic rings. The Kier molecular flexibility index (Phi) is 1.59. The average Bonchev–Trinajstić information content (AvgIpc) is 2.63. The van der Waals surface area contributed by atoms with Crippen LogP contribution in [0.25, 0.3) is 0 Å². The maximum Gasteiger partial charge on any atom is 0.231 e. The number of fused-ring (bicyclic) bond motifs is 3. The number of carbonyl (C=O) groups is 2. The van der Waals surface area contributed by atoms with Crippen molar-refractivity contribution >= 4 is 11.6 Å². The normalized spacial score (nSPS) is 17.9. The summed E-state index contributed by atoms with van der Waals surface area (Å²) < 4.78 is 10.4. The molecule has 0 saturated heterocycles. The first-order chi connectivity index (χ1) is 7.25. The summed E-state index contributed by atoms with van der Waals surface area (Å²) in [6.07, 6.45) is 0.296. The van der Waals surface area contributed by atoms with Gasteiger partial charge >= 0.3 is 0 Å². The van der Waals surface area contributed by atoms with Crippen LogP contribution < -0.4 is 9.47 Å². The van der Waals surface area contributed by atoms with Crippen molar-refractivity contribution in [2.75, 3.05) is 6.79 Å². The van der Waals surface area contributed by atoms with Gasteiger partial charge in [-0.1, -0.05) is 6.07 Å². The van der Waals surface area contributed by atoms with E-state index in [9.17, 15) is 9.59 Å². The Bertz CT molecular complexity index is 476. The smallest absolute Gasteiger partial charge is 0.231 e. The summed E-state index contributed by atoms with van der Waals surface area (Å²) >= 11 is 0. The Morgan fingerprint density at radius 2 is 1.93 bits per heavy atom. The lowest BCUT2D eigenvalue weighted by atomic mass is 9.89. The molecule has 3 rings (SSSR count). The Balaban J connectivity index is 2.23. The first kappa shape index (κ1) is 8.47. The second-order valence-corrected chi connectivity index (χ2v) is 3.65. The van der Waals surface area contributed by atoms with Gasteiger partial charge in [0.1, 0.15) is 5.78 Å². The summed E-state index contributed by atoms with van der Waals surface area (Å²) in [6.45, 7) is 0.146. The minimum atomic E-state index is -0.163. The van der Waals surface area contributed by atoms with Crippen LogP contribution in [-0.2, 0) is 11.2 Å². The fourth-order valence-corrected chi connectivity index (χ4v) is 2.01. The zero-order valence-corrected chi connectivity index (χ0v) is 7.91. The van der Waals surface area contributed by atoms with E-state index in [2.05, 4.69) is 0 Å². The third-order valence-corrected chi connectivity index (χ3v) is 2.65. The number of ether oxygens (including phenoxy) is 2. The minimum absolute atomic E-state index is 0.0210. The molecule has 0 spiro atoms. The third-order valence-electron chi connectivity index (χ3n) is 2.65. The molecule has 1 aliphatic heterocycles. The molecule has 0 radical (unpaired) electrons. The van der Waals surface area contributed by atoms with Gasteiger partial charge in [0.05, 0.1) is 12.0 Å². The number of carbonyl (C=O) groups excluding carboxylic acids is 2. The van der Waals surface area contributed by atoms with Crippen LogP contribution in [-0.4, -0.2) is 18.4 Å². The van der Waals surface area contributed by atoms with Gasteiger partial charge in [0.15, 0.2) is 17.3 Å². The van der Waals surface area contributed by atoms with Crippen LogP contribution >= 0.6 is 0 Å². The van der Waals surface area contributed by atoms with Gasteiger partial charge in [-0.05, 0) is 11.6 Å². The lowest BCUT2D eigenvalue weighted by Crippen LogP contribution is -2.20. The summed E-state index contributed by atoms with van der Waals surface area (Å²) in [5.41, 5.74) is 1.28. The molecule has 0 bridgehead atoms. The highest BCUT2D eigenvalue weighted by Crippen LogP contribution is 2.39. The van der Waals surface area contributed by atoms with Crippen molar-refractivity contribution in [2.24, 2.45) is 0 Å². The molecule has 0 N–H and O–H groups in total. The van der Waals surface area contributed by atoms with E-state index in [0.717, 1.165) is 5.56 Å². The summed E-state index contributed by atoms with van der Waals surface area (Å²) in [7, 11) is 0. The Labute approximate surface area is 85.8 Å². The molecule has 0 aromatic heterocycles. The van der Waals surface area contributed by atoms with E-state index in [0.29, 0.717) is 23.5 Å². The maximum absolute atomic E-state index is 11.7. The molecule has 2 aliphatic rings. The zero-order chi connectivity index (χ0) is 10.4. The topological polar surface area (TPSA) is 52.6 Å². The van der Waals surface area contributed by atoms with E-state index in [1.54, 1.807) is 12.1 Å². The van der Waals surface area contributed by atoms with Crippen molar-refractivity contribution in [3.05, 3.63) is 23.3 Å². The highest BCUT2D eigenvalue weighted by Gasteiger charge is 2.30. The van der Waals surface area contributed by atoms with Crippen LogP contribution in [0.15, 0.2) is 12.1 Å². The SMILES string of the molecule is O=C1CC(=O)c2c(ccc3c2OCO3)C1. The first-order valence-corrected chi connectivity index (χ1v) is 4.72. The molecule has 1 heterocycles. The number of Topliss-reactive ketones (excluding diaryl/α,β-unsaturated/α-hetero) is 2. The maximum atomic E-state index is 11.7. The standard InChI is InChI=1S/C11H8O4/c12-7-3-6-1-2-9-11(15-5-14-9)10(6)8(13)4-7/h1-2H,3-5H2. The van der Waals surface area contributed by atoms with Gasteiger partial charge in [-0.3, -0.25) is 9.59 Å². The molecular weight excluding hydrogens is 196 g/mol. The fraction of sp³-hybridized carbons (Fsp3) is 0.273. The van der Waals surface area contributed by atoms with Gasteiger partial charge < -0.3 is 9.47 Å². The van der Waals surface area contributed by atoms with Crippen LogP contribution in [0.1, 0.15) is 22.3 Å². The number of rotatable bonds is 0. The predicted octanol–water partition coefficient (Wildman–Crippen LogP) is 1.11. The number of hydrogen-bond acceptors (Lipinski definition) is 4. The number of hydrogen-bond donors (Lipinski definition) is 0. The molecule has 0 amide bonds. The monoisotopic (exact) mass is 204 g/mol. The van der Waals surface area contributed by atoms with Crippen molar-refractivity contribution in [3.63, 3.8) is 0 Å². The molecule has 76 valence electrons. The van der Waals surface area contributed by atoms with Crippen molar-refractivity contribution in [3.8, 4) is 11.5 Å². The molecular formula is C11H8O4. The molecule has 0 unspecified atom stereocenters. The zero-order valence-electron chi connectivity index (χ0n) is 7.91. The van der Waals surface area contributed by atoms with Crippen LogP contribution in [0.3, 0.4) is 0 Å². The van der Waals surface area contributed by atoms with Crippen LogP contribution in [0.4, 0.5) is 0 Å². The third kappa shape index (κ3) is 1.14. The Morgan fingerprint density at radius 3 is 2.80 bits per heavy atom. The number of benzene rings is 1. The van der Waals surface area contributed by atoms with E-state index >= 15 is 0 Å².